The van der Waals surface area contributed by atoms with Gasteiger partial charge in [0.2, 0.25) is 0 Å². The Morgan fingerprint density at radius 2 is 0.824 bits per heavy atom. The van der Waals surface area contributed by atoms with Crippen LogP contribution in [-0.2, 0) is 0 Å². The molecule has 0 atom stereocenters. The minimum absolute atomic E-state index is 1.01. The number of hydrogen-bond acceptors (Lipinski definition) is 2. The lowest BCUT2D eigenvalue weighted by atomic mass is 9.90. The van der Waals surface area contributed by atoms with Gasteiger partial charge >= 0.3 is 0 Å². The van der Waals surface area contributed by atoms with Gasteiger partial charge in [-0.15, -0.1) is 11.3 Å². The molecule has 0 radical (unpaired) electrons. The van der Waals surface area contributed by atoms with E-state index in [1.807, 2.05) is 11.3 Å². The van der Waals surface area contributed by atoms with E-state index < -0.39 is 0 Å². The maximum atomic E-state index is 5.52. The number of thiophene rings is 1. The van der Waals surface area contributed by atoms with Crippen molar-refractivity contribution >= 4 is 113 Å². The van der Waals surface area contributed by atoms with E-state index in [0.717, 1.165) is 27.9 Å². The van der Waals surface area contributed by atoms with E-state index in [9.17, 15) is 0 Å². The fourth-order valence-electron chi connectivity index (χ4n) is 11.3. The van der Waals surface area contributed by atoms with Crippen LogP contribution < -0.4 is 0 Å². The summed E-state index contributed by atoms with van der Waals surface area (Å²) in [5.74, 6) is 0. The van der Waals surface area contributed by atoms with Crippen LogP contribution in [0.4, 0.5) is 0 Å². The van der Waals surface area contributed by atoms with Crippen molar-refractivity contribution in [1.29, 1.82) is 0 Å². The SMILES string of the molecule is c1ccc2cc3c(ccc4c3nc3c5sc6ccccc6c5cc(-c5ccc(-c6ccc(-c7ccc(-c8ccc9c%10ccccc%10c%10ccccc%10c9c8)cc7)c7ccccc67)cc5)n43)cc2c1. The van der Waals surface area contributed by atoms with Crippen LogP contribution in [0.15, 0.2) is 231 Å². The molecule has 0 aliphatic rings. The summed E-state index contributed by atoms with van der Waals surface area (Å²) in [6.45, 7) is 0. The van der Waals surface area contributed by atoms with Gasteiger partial charge in [-0.3, -0.25) is 4.40 Å². The van der Waals surface area contributed by atoms with Gasteiger partial charge in [0.15, 0.2) is 5.65 Å². The van der Waals surface area contributed by atoms with Crippen molar-refractivity contribution in [2.24, 2.45) is 0 Å². The molecule has 0 saturated carbocycles. The van der Waals surface area contributed by atoms with Crippen molar-refractivity contribution in [1.82, 2.24) is 9.38 Å². The molecule has 314 valence electrons. The van der Waals surface area contributed by atoms with E-state index in [4.69, 9.17) is 4.98 Å². The topological polar surface area (TPSA) is 17.3 Å². The highest BCUT2D eigenvalue weighted by atomic mass is 32.1. The molecule has 0 amide bonds. The maximum absolute atomic E-state index is 5.52. The second-order valence-corrected chi connectivity index (χ2v) is 19.3. The zero-order valence-electron chi connectivity index (χ0n) is 36.7. The zero-order chi connectivity index (χ0) is 44.5. The molecule has 68 heavy (non-hydrogen) atoms. The summed E-state index contributed by atoms with van der Waals surface area (Å²) in [6, 6.07) is 85.2. The molecule has 0 bridgehead atoms. The molecule has 12 aromatic carbocycles. The Labute approximate surface area is 395 Å². The van der Waals surface area contributed by atoms with E-state index in [1.54, 1.807) is 0 Å². The molecule has 0 aliphatic heterocycles. The Bertz CT molecular complexity index is 4560. The molecule has 3 heteroatoms. The summed E-state index contributed by atoms with van der Waals surface area (Å²) in [7, 11) is 0. The van der Waals surface area contributed by atoms with Crippen molar-refractivity contribution in [3.8, 4) is 44.6 Å². The van der Waals surface area contributed by atoms with Gasteiger partial charge in [-0.1, -0.05) is 194 Å². The second kappa shape index (κ2) is 14.4. The molecule has 15 aromatic rings. The lowest BCUT2D eigenvalue weighted by Gasteiger charge is -2.14. The van der Waals surface area contributed by atoms with Gasteiger partial charge in [-0.05, 0) is 135 Å². The third-order valence-electron chi connectivity index (χ3n) is 14.6. The van der Waals surface area contributed by atoms with Gasteiger partial charge in [0.05, 0.1) is 21.4 Å². The maximum Gasteiger partial charge on any atom is 0.156 e. The van der Waals surface area contributed by atoms with Crippen LogP contribution in [0.25, 0.3) is 146 Å². The number of rotatable bonds is 4. The number of imidazole rings is 1. The first-order valence-electron chi connectivity index (χ1n) is 23.3. The molecule has 3 aromatic heterocycles. The average molecular weight is 879 g/mol. The quantitative estimate of drug-likeness (QED) is 0.127. The largest absolute Gasteiger partial charge is 0.291 e. The predicted molar refractivity (Wildman–Crippen MR) is 292 cm³/mol. The smallest absolute Gasteiger partial charge is 0.156 e. The number of pyridine rings is 1. The number of hydrogen-bond donors (Lipinski definition) is 0. The van der Waals surface area contributed by atoms with Crippen molar-refractivity contribution in [3.05, 3.63) is 231 Å². The first kappa shape index (κ1) is 37.6. The molecule has 0 fully saturated rings. The minimum Gasteiger partial charge on any atom is -0.291 e. The Morgan fingerprint density at radius 3 is 1.49 bits per heavy atom. The molecule has 15 rings (SSSR count). The van der Waals surface area contributed by atoms with E-state index in [0.29, 0.717) is 0 Å². The zero-order valence-corrected chi connectivity index (χ0v) is 37.6. The van der Waals surface area contributed by atoms with E-state index >= 15 is 0 Å². The highest BCUT2D eigenvalue weighted by Gasteiger charge is 2.20. The van der Waals surface area contributed by atoms with Crippen LogP contribution >= 0.6 is 11.3 Å². The summed E-state index contributed by atoms with van der Waals surface area (Å²) >= 11 is 1.84. The lowest BCUT2D eigenvalue weighted by Crippen LogP contribution is -1.93. The summed E-state index contributed by atoms with van der Waals surface area (Å²) in [5.41, 5.74) is 12.7. The van der Waals surface area contributed by atoms with Gasteiger partial charge in [-0.25, -0.2) is 4.98 Å². The summed E-state index contributed by atoms with van der Waals surface area (Å²) in [6.07, 6.45) is 0. The third kappa shape index (κ3) is 5.54. The van der Waals surface area contributed by atoms with Gasteiger partial charge in [-0.2, -0.15) is 0 Å². The molecule has 2 nitrogen and oxygen atoms in total. The molecule has 0 saturated heterocycles. The first-order chi connectivity index (χ1) is 33.7. The minimum atomic E-state index is 1.01. The summed E-state index contributed by atoms with van der Waals surface area (Å²) in [5, 5.41) is 17.6. The Hall–Kier alpha value is -8.63. The number of aromatic nitrogens is 2. The Kier molecular flexibility index (Phi) is 7.98. The van der Waals surface area contributed by atoms with Crippen molar-refractivity contribution in [2.45, 2.75) is 0 Å². The van der Waals surface area contributed by atoms with Crippen LogP contribution in [0, 0.1) is 0 Å². The highest BCUT2D eigenvalue weighted by Crippen LogP contribution is 2.44. The number of benzene rings is 12. The van der Waals surface area contributed by atoms with Crippen molar-refractivity contribution in [2.75, 3.05) is 0 Å². The average Bonchev–Trinajstić information content (AvgIpc) is 3.99. The predicted octanol–water partition coefficient (Wildman–Crippen LogP) is 18.4. The monoisotopic (exact) mass is 878 g/mol. The van der Waals surface area contributed by atoms with Gasteiger partial charge in [0, 0.05) is 20.9 Å². The van der Waals surface area contributed by atoms with Gasteiger partial charge in [0.1, 0.15) is 0 Å². The van der Waals surface area contributed by atoms with Crippen LogP contribution in [0.2, 0.25) is 0 Å². The molecule has 3 heterocycles. The Morgan fingerprint density at radius 1 is 0.309 bits per heavy atom. The molecule has 0 unspecified atom stereocenters. The summed E-state index contributed by atoms with van der Waals surface area (Å²) < 4.78 is 4.89. The summed E-state index contributed by atoms with van der Waals surface area (Å²) in [4.78, 5) is 5.52. The van der Waals surface area contributed by atoms with Crippen molar-refractivity contribution < 1.29 is 0 Å². The second-order valence-electron chi connectivity index (χ2n) is 18.2. The Balaban J connectivity index is 0.822. The van der Waals surface area contributed by atoms with Crippen LogP contribution in [0.5, 0.6) is 0 Å². The van der Waals surface area contributed by atoms with Gasteiger partial charge < -0.3 is 0 Å². The molecular weight excluding hydrogens is 841 g/mol. The fourth-order valence-corrected chi connectivity index (χ4v) is 12.5. The number of fused-ring (bicyclic) bond motifs is 17. The molecule has 0 N–H and O–H groups in total. The van der Waals surface area contributed by atoms with Crippen LogP contribution in [0.3, 0.4) is 0 Å². The molecule has 0 aliphatic carbocycles. The number of nitrogens with zero attached hydrogens (tertiary/aromatic N) is 2. The lowest BCUT2D eigenvalue weighted by molar-refractivity contribution is 1.25. The van der Waals surface area contributed by atoms with E-state index in [2.05, 4.69) is 235 Å². The fraction of sp³-hybridized carbons (Fsp3) is 0. The normalized spacial score (nSPS) is 12.1. The third-order valence-corrected chi connectivity index (χ3v) is 15.7. The van der Waals surface area contributed by atoms with Crippen LogP contribution in [0.1, 0.15) is 0 Å². The van der Waals surface area contributed by atoms with Crippen LogP contribution in [-0.4, -0.2) is 9.38 Å². The molecule has 0 spiro atoms. The van der Waals surface area contributed by atoms with Crippen molar-refractivity contribution in [3.63, 3.8) is 0 Å². The standard InChI is InChI=1S/C65H38N2S/c1-2-12-44-36-57-46(35-43(44)11-1)30-34-60-63(57)66-65-64-59(56-19-9-10-20-62(56)68-64)38-61(67(60)65)42-27-25-41(26-28-42)48-33-32-47(49-13-3-4-14-50(48)49)40-23-21-39(22-24-40)45-29-31-55-53-17-6-5-15-51(53)52-16-7-8-18-54(52)58(55)37-45/h1-38H. The van der Waals surface area contributed by atoms with E-state index in [-0.39, 0.29) is 0 Å². The van der Waals surface area contributed by atoms with Gasteiger partial charge in [0.25, 0.3) is 0 Å². The molecular formula is C65H38N2S. The highest BCUT2D eigenvalue weighted by molar-refractivity contribution is 7.26. The first-order valence-corrected chi connectivity index (χ1v) is 24.2. The van der Waals surface area contributed by atoms with E-state index in [1.165, 1.54) is 118 Å².